The molecule has 1 aromatic carbocycles. The Morgan fingerprint density at radius 3 is 2.61 bits per heavy atom. The molecule has 0 spiro atoms. The fraction of sp³-hybridized carbons (Fsp3) is 0.529. The first-order valence-electron chi connectivity index (χ1n) is 8.10. The predicted octanol–water partition coefficient (Wildman–Crippen LogP) is 1.62. The molecule has 1 heterocycles. The van der Waals surface area contributed by atoms with Crippen LogP contribution in [-0.4, -0.2) is 49.0 Å². The van der Waals surface area contributed by atoms with Crippen LogP contribution in [0.2, 0.25) is 0 Å². The van der Waals surface area contributed by atoms with Gasteiger partial charge in [0.2, 0.25) is 11.8 Å². The highest BCUT2D eigenvalue weighted by atomic mass is 16.5. The number of likely N-dealkylation sites (tertiary alicyclic amines) is 1. The summed E-state index contributed by atoms with van der Waals surface area (Å²) >= 11 is 0. The van der Waals surface area contributed by atoms with Crippen molar-refractivity contribution in [1.29, 1.82) is 0 Å². The van der Waals surface area contributed by atoms with E-state index in [9.17, 15) is 9.59 Å². The molecule has 6 nitrogen and oxygen atoms in total. The smallest absolute Gasteiger partial charge is 0.239 e. The third-order valence-electron chi connectivity index (χ3n) is 3.93. The summed E-state index contributed by atoms with van der Waals surface area (Å²) < 4.78 is 5.52. The molecule has 1 aliphatic heterocycles. The van der Waals surface area contributed by atoms with Gasteiger partial charge in [0.05, 0.1) is 18.8 Å². The predicted molar refractivity (Wildman–Crippen MR) is 89.5 cm³/mol. The van der Waals surface area contributed by atoms with Gasteiger partial charge < -0.3 is 20.3 Å². The summed E-state index contributed by atoms with van der Waals surface area (Å²) in [5.74, 6) is 0.805. The number of amides is 2. The Balaban J connectivity index is 1.77. The van der Waals surface area contributed by atoms with Crippen LogP contribution >= 0.6 is 0 Å². The highest BCUT2D eigenvalue weighted by Gasteiger charge is 2.21. The number of hydrogen-bond donors (Lipinski definition) is 2. The van der Waals surface area contributed by atoms with Crippen LogP contribution in [0.25, 0.3) is 0 Å². The first kappa shape index (κ1) is 17.1. The third-order valence-corrected chi connectivity index (χ3v) is 3.93. The van der Waals surface area contributed by atoms with Crippen molar-refractivity contribution in [3.8, 4) is 5.75 Å². The number of para-hydroxylation sites is 2. The maximum atomic E-state index is 12.1. The Bertz CT molecular complexity index is 540. The van der Waals surface area contributed by atoms with E-state index >= 15 is 0 Å². The number of ether oxygens (including phenoxy) is 1. The van der Waals surface area contributed by atoms with Gasteiger partial charge in [0.1, 0.15) is 5.75 Å². The van der Waals surface area contributed by atoms with Crippen LogP contribution < -0.4 is 15.4 Å². The van der Waals surface area contributed by atoms with Crippen LogP contribution in [0.4, 0.5) is 5.69 Å². The van der Waals surface area contributed by atoms with E-state index in [0.717, 1.165) is 24.3 Å². The summed E-state index contributed by atoms with van der Waals surface area (Å²) in [4.78, 5) is 25.2. The van der Waals surface area contributed by atoms with Gasteiger partial charge in [-0.2, -0.15) is 0 Å². The van der Waals surface area contributed by atoms with Crippen LogP contribution in [-0.2, 0) is 9.59 Å². The van der Waals surface area contributed by atoms with E-state index in [0.29, 0.717) is 19.7 Å². The van der Waals surface area contributed by atoms with Crippen LogP contribution in [0.15, 0.2) is 24.3 Å². The lowest BCUT2D eigenvalue weighted by atomic mass is 10.1. The fourth-order valence-corrected chi connectivity index (χ4v) is 2.69. The Morgan fingerprint density at radius 2 is 1.96 bits per heavy atom. The van der Waals surface area contributed by atoms with E-state index in [1.54, 1.807) is 6.92 Å². The van der Waals surface area contributed by atoms with Gasteiger partial charge in [0, 0.05) is 26.1 Å². The zero-order valence-corrected chi connectivity index (χ0v) is 13.8. The zero-order chi connectivity index (χ0) is 16.7. The minimum absolute atomic E-state index is 0.0439. The van der Waals surface area contributed by atoms with Gasteiger partial charge in [-0.05, 0) is 31.9 Å². The lowest BCUT2D eigenvalue weighted by molar-refractivity contribution is -0.130. The molecule has 126 valence electrons. The van der Waals surface area contributed by atoms with Gasteiger partial charge >= 0.3 is 0 Å². The maximum Gasteiger partial charge on any atom is 0.239 e. The van der Waals surface area contributed by atoms with Crippen LogP contribution in [0.5, 0.6) is 5.75 Å². The Kier molecular flexibility index (Phi) is 6.26. The van der Waals surface area contributed by atoms with Crippen LogP contribution in [0, 0.1) is 0 Å². The van der Waals surface area contributed by atoms with E-state index in [2.05, 4.69) is 10.6 Å². The van der Waals surface area contributed by atoms with E-state index < -0.39 is 0 Å². The van der Waals surface area contributed by atoms with Crippen molar-refractivity contribution in [2.45, 2.75) is 32.7 Å². The van der Waals surface area contributed by atoms with Crippen molar-refractivity contribution in [2.75, 3.05) is 31.6 Å². The molecule has 0 saturated carbocycles. The Morgan fingerprint density at radius 1 is 1.26 bits per heavy atom. The van der Waals surface area contributed by atoms with Gasteiger partial charge in [0.25, 0.3) is 0 Å². The van der Waals surface area contributed by atoms with Gasteiger partial charge in [-0.3, -0.25) is 9.59 Å². The van der Waals surface area contributed by atoms with Crippen LogP contribution in [0.1, 0.15) is 26.7 Å². The standard InChI is InChI=1S/C17H25N3O3/c1-3-23-16-7-5-4-6-15(16)18-12-17(22)19-14-8-10-20(11-9-14)13(2)21/h4-7,14,18H,3,8-12H2,1-2H3,(H,19,22). The summed E-state index contributed by atoms with van der Waals surface area (Å²) in [7, 11) is 0. The minimum Gasteiger partial charge on any atom is -0.492 e. The summed E-state index contributed by atoms with van der Waals surface area (Å²) in [6.45, 7) is 5.72. The van der Waals surface area contributed by atoms with Crippen molar-refractivity contribution in [3.63, 3.8) is 0 Å². The van der Waals surface area contributed by atoms with E-state index in [1.165, 1.54) is 0 Å². The van der Waals surface area contributed by atoms with Crippen molar-refractivity contribution >= 4 is 17.5 Å². The second-order valence-electron chi connectivity index (χ2n) is 5.63. The quantitative estimate of drug-likeness (QED) is 0.836. The molecule has 0 aliphatic carbocycles. The average Bonchev–Trinajstić information content (AvgIpc) is 2.55. The zero-order valence-electron chi connectivity index (χ0n) is 13.8. The molecule has 2 amide bonds. The van der Waals surface area contributed by atoms with Crippen molar-refractivity contribution < 1.29 is 14.3 Å². The molecular formula is C17H25N3O3. The van der Waals surface area contributed by atoms with Gasteiger partial charge in [-0.1, -0.05) is 12.1 Å². The number of anilines is 1. The molecule has 0 atom stereocenters. The molecule has 1 aliphatic rings. The van der Waals surface area contributed by atoms with Crippen molar-refractivity contribution in [2.24, 2.45) is 0 Å². The molecule has 1 saturated heterocycles. The lowest BCUT2D eigenvalue weighted by Crippen LogP contribution is -2.47. The number of nitrogens with one attached hydrogen (secondary N) is 2. The molecule has 1 fully saturated rings. The minimum atomic E-state index is -0.0439. The van der Waals surface area contributed by atoms with Crippen molar-refractivity contribution in [3.05, 3.63) is 24.3 Å². The molecular weight excluding hydrogens is 294 g/mol. The highest BCUT2D eigenvalue weighted by molar-refractivity contribution is 5.81. The van der Waals surface area contributed by atoms with Gasteiger partial charge in [-0.15, -0.1) is 0 Å². The molecule has 0 aromatic heterocycles. The Hall–Kier alpha value is -2.24. The normalized spacial score (nSPS) is 15.1. The average molecular weight is 319 g/mol. The highest BCUT2D eigenvalue weighted by Crippen LogP contribution is 2.23. The molecule has 2 rings (SSSR count). The second-order valence-corrected chi connectivity index (χ2v) is 5.63. The molecule has 1 aromatic rings. The number of rotatable bonds is 6. The third kappa shape index (κ3) is 5.16. The first-order chi connectivity index (χ1) is 11.1. The largest absolute Gasteiger partial charge is 0.492 e. The van der Waals surface area contributed by atoms with E-state index in [-0.39, 0.29) is 24.4 Å². The second kappa shape index (κ2) is 8.41. The molecule has 6 heteroatoms. The van der Waals surface area contributed by atoms with E-state index in [4.69, 9.17) is 4.74 Å². The van der Waals surface area contributed by atoms with E-state index in [1.807, 2.05) is 36.1 Å². The van der Waals surface area contributed by atoms with Gasteiger partial charge in [-0.25, -0.2) is 0 Å². The topological polar surface area (TPSA) is 70.7 Å². The fourth-order valence-electron chi connectivity index (χ4n) is 2.69. The summed E-state index contributed by atoms with van der Waals surface area (Å²) in [6.07, 6.45) is 1.61. The molecule has 23 heavy (non-hydrogen) atoms. The number of carbonyl (C=O) groups excluding carboxylic acids is 2. The molecule has 2 N–H and O–H groups in total. The van der Waals surface area contributed by atoms with Gasteiger partial charge in [0.15, 0.2) is 0 Å². The number of carbonyl (C=O) groups is 2. The molecule has 0 bridgehead atoms. The maximum absolute atomic E-state index is 12.1. The number of nitrogens with zero attached hydrogens (tertiary/aromatic N) is 1. The summed E-state index contributed by atoms with van der Waals surface area (Å²) in [5.41, 5.74) is 0.816. The van der Waals surface area contributed by atoms with Crippen LogP contribution in [0.3, 0.4) is 0 Å². The van der Waals surface area contributed by atoms with Crippen molar-refractivity contribution in [1.82, 2.24) is 10.2 Å². The summed E-state index contributed by atoms with van der Waals surface area (Å²) in [6, 6.07) is 7.71. The number of piperidine rings is 1. The first-order valence-corrected chi connectivity index (χ1v) is 8.10. The Labute approximate surface area is 137 Å². The molecule has 0 radical (unpaired) electrons. The number of benzene rings is 1. The lowest BCUT2D eigenvalue weighted by Gasteiger charge is -2.31. The monoisotopic (exact) mass is 319 g/mol. The summed E-state index contributed by atoms with van der Waals surface area (Å²) in [5, 5.41) is 6.13. The molecule has 0 unspecified atom stereocenters. The number of hydrogen-bond acceptors (Lipinski definition) is 4. The SMILES string of the molecule is CCOc1ccccc1NCC(=O)NC1CCN(C(C)=O)CC1.